The maximum Gasteiger partial charge on any atom is 0.240 e. The van der Waals surface area contributed by atoms with Crippen LogP contribution in [0.25, 0.3) is 0 Å². The van der Waals surface area contributed by atoms with Gasteiger partial charge in [0, 0.05) is 43.9 Å². The summed E-state index contributed by atoms with van der Waals surface area (Å²) in [5.74, 6) is 2.82. The zero-order valence-electron chi connectivity index (χ0n) is 15.4. The van der Waals surface area contributed by atoms with Gasteiger partial charge < -0.3 is 9.42 Å². The molecule has 1 fully saturated rings. The van der Waals surface area contributed by atoms with E-state index < -0.39 is 0 Å². The molecule has 0 radical (unpaired) electrons. The van der Waals surface area contributed by atoms with Crippen LogP contribution in [0.1, 0.15) is 44.1 Å². The third-order valence-corrected chi connectivity index (χ3v) is 4.89. The second kappa shape index (κ2) is 8.14. The van der Waals surface area contributed by atoms with E-state index in [0.717, 1.165) is 55.1 Å². The van der Waals surface area contributed by atoms with E-state index in [9.17, 15) is 0 Å². The van der Waals surface area contributed by atoms with Gasteiger partial charge in [-0.15, -0.1) is 0 Å². The van der Waals surface area contributed by atoms with Gasteiger partial charge in [0.05, 0.1) is 6.54 Å². The molecule has 0 amide bonds. The van der Waals surface area contributed by atoms with Crippen LogP contribution < -0.4 is 4.90 Å². The molecule has 0 saturated carbocycles. The van der Waals surface area contributed by atoms with E-state index in [0.29, 0.717) is 18.4 Å². The summed E-state index contributed by atoms with van der Waals surface area (Å²) in [5.41, 5.74) is 1.10. The molecule has 0 unspecified atom stereocenters. The molecule has 0 N–H and O–H groups in total. The summed E-state index contributed by atoms with van der Waals surface area (Å²) in [4.78, 5) is 18.4. The number of hydrogen-bond donors (Lipinski definition) is 0. The molecule has 0 aromatic carbocycles. The van der Waals surface area contributed by atoms with Gasteiger partial charge in [-0.05, 0) is 12.7 Å². The van der Waals surface area contributed by atoms with Crippen LogP contribution in [0.2, 0.25) is 0 Å². The van der Waals surface area contributed by atoms with Gasteiger partial charge in [-0.1, -0.05) is 37.7 Å². The van der Waals surface area contributed by atoms with Crippen molar-refractivity contribution in [3.8, 4) is 0 Å². The highest BCUT2D eigenvalue weighted by atomic mass is 32.2. The lowest BCUT2D eigenvalue weighted by Gasteiger charge is -2.34. The summed E-state index contributed by atoms with van der Waals surface area (Å²) in [6, 6.07) is 2.11. The van der Waals surface area contributed by atoms with Gasteiger partial charge in [0.2, 0.25) is 5.89 Å². The first kappa shape index (κ1) is 18.1. The van der Waals surface area contributed by atoms with E-state index in [2.05, 4.69) is 56.7 Å². The highest BCUT2D eigenvalue weighted by Gasteiger charge is 2.21. The first-order valence-corrected chi connectivity index (χ1v) is 10.0. The highest BCUT2D eigenvalue weighted by Crippen LogP contribution is 2.20. The molecule has 0 bridgehead atoms. The summed E-state index contributed by atoms with van der Waals surface area (Å²) in [5, 5.41) is 4.89. The monoisotopic (exact) mass is 362 g/mol. The number of aryl methyl sites for hydroxylation is 1. The van der Waals surface area contributed by atoms with E-state index in [1.54, 1.807) is 11.8 Å². The van der Waals surface area contributed by atoms with E-state index in [1.165, 1.54) is 0 Å². The van der Waals surface area contributed by atoms with Crippen molar-refractivity contribution >= 4 is 17.6 Å². The average molecular weight is 363 g/mol. The Morgan fingerprint density at radius 3 is 2.52 bits per heavy atom. The van der Waals surface area contributed by atoms with Gasteiger partial charge >= 0.3 is 0 Å². The van der Waals surface area contributed by atoms with Crippen LogP contribution in [0.15, 0.2) is 15.7 Å². The lowest BCUT2D eigenvalue weighted by molar-refractivity contribution is 0.215. The molecule has 3 heterocycles. The quantitative estimate of drug-likeness (QED) is 0.574. The minimum atomic E-state index is 0.297. The van der Waals surface area contributed by atoms with Gasteiger partial charge in [-0.2, -0.15) is 4.98 Å². The molecule has 1 aliphatic rings. The molecule has 1 aliphatic heterocycles. The zero-order chi connectivity index (χ0) is 17.8. The van der Waals surface area contributed by atoms with Crippen LogP contribution in [0.4, 0.5) is 5.82 Å². The standard InChI is InChI=1S/C17H26N6OS/c1-5-13-10-14(19-17(18-13)25-4)23-8-6-22(7-9-23)11-15-20-16(12(2)3)21-24-15/h10,12H,5-9,11H2,1-4H3. The fraction of sp³-hybridized carbons (Fsp3) is 0.647. The number of rotatable bonds is 6. The number of thioether (sulfide) groups is 1. The van der Waals surface area contributed by atoms with Crippen molar-refractivity contribution in [3.63, 3.8) is 0 Å². The molecular formula is C17H26N6OS. The van der Waals surface area contributed by atoms with Crippen molar-refractivity contribution in [2.24, 2.45) is 0 Å². The van der Waals surface area contributed by atoms with Crippen molar-refractivity contribution in [2.75, 3.05) is 37.3 Å². The number of nitrogens with zero attached hydrogens (tertiary/aromatic N) is 6. The van der Waals surface area contributed by atoms with Crippen molar-refractivity contribution in [3.05, 3.63) is 23.5 Å². The van der Waals surface area contributed by atoms with Crippen molar-refractivity contribution in [1.82, 2.24) is 25.0 Å². The van der Waals surface area contributed by atoms with Gasteiger partial charge in [0.15, 0.2) is 11.0 Å². The molecule has 7 nitrogen and oxygen atoms in total. The van der Waals surface area contributed by atoms with E-state index in [-0.39, 0.29) is 0 Å². The lowest BCUT2D eigenvalue weighted by atomic mass is 10.2. The predicted octanol–water partition coefficient (Wildman–Crippen LogP) is 2.59. The van der Waals surface area contributed by atoms with E-state index in [1.807, 2.05) is 6.26 Å². The van der Waals surface area contributed by atoms with Crippen LogP contribution in [-0.2, 0) is 13.0 Å². The number of hydrogen-bond acceptors (Lipinski definition) is 8. The van der Waals surface area contributed by atoms with Gasteiger partial charge in [0.1, 0.15) is 5.82 Å². The summed E-state index contributed by atoms with van der Waals surface area (Å²) >= 11 is 1.60. The van der Waals surface area contributed by atoms with Crippen LogP contribution >= 0.6 is 11.8 Å². The fourth-order valence-electron chi connectivity index (χ4n) is 2.79. The minimum Gasteiger partial charge on any atom is -0.354 e. The Labute approximate surface area is 153 Å². The second-order valence-corrected chi connectivity index (χ2v) is 7.30. The maximum absolute atomic E-state index is 5.36. The molecule has 0 atom stereocenters. The first-order chi connectivity index (χ1) is 12.1. The molecule has 3 rings (SSSR count). The van der Waals surface area contributed by atoms with Crippen LogP contribution in [-0.4, -0.2) is 57.4 Å². The van der Waals surface area contributed by atoms with E-state index >= 15 is 0 Å². The normalized spacial score (nSPS) is 16.0. The molecule has 25 heavy (non-hydrogen) atoms. The smallest absolute Gasteiger partial charge is 0.240 e. The van der Waals surface area contributed by atoms with Crippen molar-refractivity contribution < 1.29 is 4.52 Å². The van der Waals surface area contributed by atoms with Crippen molar-refractivity contribution in [1.29, 1.82) is 0 Å². The van der Waals surface area contributed by atoms with Crippen LogP contribution in [0.5, 0.6) is 0 Å². The Morgan fingerprint density at radius 1 is 1.16 bits per heavy atom. The Kier molecular flexibility index (Phi) is 5.90. The number of piperazine rings is 1. The predicted molar refractivity (Wildman–Crippen MR) is 99.1 cm³/mol. The summed E-state index contributed by atoms with van der Waals surface area (Å²) in [7, 11) is 0. The largest absolute Gasteiger partial charge is 0.354 e. The Hall–Kier alpha value is -1.67. The van der Waals surface area contributed by atoms with Gasteiger partial charge in [-0.25, -0.2) is 9.97 Å². The van der Waals surface area contributed by atoms with Crippen molar-refractivity contribution in [2.45, 2.75) is 44.8 Å². The summed E-state index contributed by atoms with van der Waals surface area (Å²) in [6.45, 7) is 10.8. The maximum atomic E-state index is 5.36. The highest BCUT2D eigenvalue weighted by molar-refractivity contribution is 7.98. The summed E-state index contributed by atoms with van der Waals surface area (Å²) < 4.78 is 5.36. The molecule has 0 aliphatic carbocycles. The molecule has 0 spiro atoms. The topological polar surface area (TPSA) is 71.2 Å². The number of anilines is 1. The van der Waals surface area contributed by atoms with Crippen LogP contribution in [0.3, 0.4) is 0 Å². The zero-order valence-corrected chi connectivity index (χ0v) is 16.2. The third kappa shape index (κ3) is 4.49. The first-order valence-electron chi connectivity index (χ1n) is 8.80. The third-order valence-electron chi connectivity index (χ3n) is 4.35. The molecule has 2 aromatic rings. The molecule has 136 valence electrons. The van der Waals surface area contributed by atoms with Gasteiger partial charge in [-0.3, -0.25) is 4.90 Å². The van der Waals surface area contributed by atoms with Crippen LogP contribution in [0, 0.1) is 0 Å². The fourth-order valence-corrected chi connectivity index (χ4v) is 3.18. The molecule has 8 heteroatoms. The Balaban J connectivity index is 1.59. The molecular weight excluding hydrogens is 336 g/mol. The second-order valence-electron chi connectivity index (χ2n) is 6.52. The minimum absolute atomic E-state index is 0.297. The SMILES string of the molecule is CCc1cc(N2CCN(Cc3nc(C(C)C)no3)CC2)nc(SC)n1. The average Bonchev–Trinajstić information content (AvgIpc) is 3.10. The van der Waals surface area contributed by atoms with Gasteiger partial charge in [0.25, 0.3) is 0 Å². The summed E-state index contributed by atoms with van der Waals surface area (Å²) in [6.07, 6.45) is 2.95. The Bertz CT molecular complexity index is 674. The lowest BCUT2D eigenvalue weighted by Crippen LogP contribution is -2.46. The number of aromatic nitrogens is 4. The Morgan fingerprint density at radius 2 is 1.92 bits per heavy atom. The van der Waals surface area contributed by atoms with E-state index in [4.69, 9.17) is 4.52 Å². The molecule has 1 saturated heterocycles. The molecule has 2 aromatic heterocycles.